The Morgan fingerprint density at radius 1 is 1.28 bits per heavy atom. The van der Waals surface area contributed by atoms with Gasteiger partial charge in [0, 0.05) is 19.7 Å². The third-order valence-electron chi connectivity index (χ3n) is 2.64. The van der Waals surface area contributed by atoms with Crippen molar-refractivity contribution in [1.82, 2.24) is 5.32 Å². The van der Waals surface area contributed by atoms with Crippen molar-refractivity contribution in [2.45, 2.75) is 26.3 Å². The lowest BCUT2D eigenvalue weighted by atomic mass is 10.2. The predicted octanol–water partition coefficient (Wildman–Crippen LogP) is 2.31. The summed E-state index contributed by atoms with van der Waals surface area (Å²) < 4.78 is 10.4. The Labute approximate surface area is 109 Å². The maximum atomic E-state index is 9.61. The lowest BCUT2D eigenvalue weighted by molar-refractivity contribution is 0.133. The summed E-state index contributed by atoms with van der Waals surface area (Å²) in [5, 5.41) is 12.9. The molecule has 0 spiro atoms. The van der Waals surface area contributed by atoms with Gasteiger partial charge in [0.15, 0.2) is 11.5 Å². The van der Waals surface area contributed by atoms with Crippen molar-refractivity contribution >= 4 is 0 Å². The van der Waals surface area contributed by atoms with E-state index in [-0.39, 0.29) is 5.75 Å². The Morgan fingerprint density at radius 2 is 2.11 bits per heavy atom. The molecular formula is C14H23NO3. The number of phenols is 1. The molecule has 4 nitrogen and oxygen atoms in total. The van der Waals surface area contributed by atoms with Crippen LogP contribution in [0.5, 0.6) is 11.5 Å². The molecule has 0 aromatic heterocycles. The highest BCUT2D eigenvalue weighted by atomic mass is 16.5. The maximum Gasteiger partial charge on any atom is 0.160 e. The van der Waals surface area contributed by atoms with Crippen LogP contribution in [0, 0.1) is 0 Å². The van der Waals surface area contributed by atoms with Crippen molar-refractivity contribution in [3.05, 3.63) is 23.8 Å². The van der Waals surface area contributed by atoms with Crippen LogP contribution in [0.3, 0.4) is 0 Å². The van der Waals surface area contributed by atoms with E-state index in [1.807, 2.05) is 6.07 Å². The molecule has 2 N–H and O–H groups in total. The van der Waals surface area contributed by atoms with Crippen LogP contribution < -0.4 is 10.1 Å². The van der Waals surface area contributed by atoms with Gasteiger partial charge in [0.2, 0.25) is 0 Å². The van der Waals surface area contributed by atoms with Crippen molar-refractivity contribution in [2.75, 3.05) is 26.9 Å². The molecule has 0 radical (unpaired) electrons. The Bertz CT molecular complexity index is 342. The molecule has 1 aromatic carbocycles. The number of aromatic hydroxyl groups is 1. The van der Waals surface area contributed by atoms with Crippen molar-refractivity contribution in [3.63, 3.8) is 0 Å². The quantitative estimate of drug-likeness (QED) is 0.663. The summed E-state index contributed by atoms with van der Waals surface area (Å²) >= 11 is 0. The number of hydrogen-bond acceptors (Lipinski definition) is 4. The third kappa shape index (κ3) is 5.38. The first-order valence-corrected chi connectivity index (χ1v) is 6.42. The summed E-state index contributed by atoms with van der Waals surface area (Å²) in [6.45, 7) is 5.24. The van der Waals surface area contributed by atoms with Crippen molar-refractivity contribution in [2.24, 2.45) is 0 Å². The molecule has 0 unspecified atom stereocenters. The Kier molecular flexibility index (Phi) is 7.22. The van der Waals surface area contributed by atoms with E-state index >= 15 is 0 Å². The number of nitrogens with one attached hydrogen (secondary N) is 1. The van der Waals surface area contributed by atoms with Gasteiger partial charge < -0.3 is 19.9 Å². The van der Waals surface area contributed by atoms with Crippen LogP contribution in [0.2, 0.25) is 0 Å². The lowest BCUT2D eigenvalue weighted by Gasteiger charge is -2.08. The average molecular weight is 253 g/mol. The smallest absolute Gasteiger partial charge is 0.160 e. The number of benzene rings is 1. The van der Waals surface area contributed by atoms with Gasteiger partial charge in [-0.25, -0.2) is 0 Å². The minimum absolute atomic E-state index is 0.177. The fourth-order valence-electron chi connectivity index (χ4n) is 1.57. The summed E-state index contributed by atoms with van der Waals surface area (Å²) in [5.74, 6) is 0.678. The van der Waals surface area contributed by atoms with Crippen LogP contribution in [0.25, 0.3) is 0 Å². The summed E-state index contributed by atoms with van der Waals surface area (Å²) in [6, 6.07) is 5.41. The van der Waals surface area contributed by atoms with E-state index in [2.05, 4.69) is 12.2 Å². The second kappa shape index (κ2) is 8.78. The normalized spacial score (nSPS) is 10.6. The Balaban J connectivity index is 2.17. The molecule has 0 saturated heterocycles. The van der Waals surface area contributed by atoms with Crippen LogP contribution in [0.1, 0.15) is 25.3 Å². The fraction of sp³-hybridized carbons (Fsp3) is 0.571. The zero-order valence-electron chi connectivity index (χ0n) is 11.2. The highest BCUT2D eigenvalue weighted by molar-refractivity contribution is 5.41. The second-order valence-corrected chi connectivity index (χ2v) is 4.15. The molecule has 0 heterocycles. The highest BCUT2D eigenvalue weighted by Crippen LogP contribution is 2.25. The van der Waals surface area contributed by atoms with Gasteiger partial charge in [0.05, 0.1) is 13.7 Å². The number of phenolic OH excluding ortho intramolecular Hbond substituents is 1. The monoisotopic (exact) mass is 253 g/mol. The minimum Gasteiger partial charge on any atom is -0.504 e. The molecule has 1 aromatic rings. The van der Waals surface area contributed by atoms with E-state index in [1.165, 1.54) is 6.42 Å². The van der Waals surface area contributed by atoms with E-state index in [9.17, 15) is 5.11 Å². The molecule has 0 aliphatic carbocycles. The number of methoxy groups -OCH3 is 1. The number of rotatable bonds is 9. The van der Waals surface area contributed by atoms with Gasteiger partial charge in [-0.05, 0) is 24.1 Å². The standard InChI is InChI=1S/C14H23NO3/c1-3-4-8-18-9-7-15-11-12-5-6-14(17-2)13(16)10-12/h5-6,10,15-16H,3-4,7-9,11H2,1-2H3. The van der Waals surface area contributed by atoms with Gasteiger partial charge in [-0.1, -0.05) is 19.4 Å². The van der Waals surface area contributed by atoms with Gasteiger partial charge in [0.25, 0.3) is 0 Å². The van der Waals surface area contributed by atoms with E-state index < -0.39 is 0 Å². The third-order valence-corrected chi connectivity index (χ3v) is 2.64. The van der Waals surface area contributed by atoms with Crippen molar-refractivity contribution in [3.8, 4) is 11.5 Å². The summed E-state index contributed by atoms with van der Waals surface area (Å²) in [7, 11) is 1.54. The van der Waals surface area contributed by atoms with Gasteiger partial charge in [-0.15, -0.1) is 0 Å². The zero-order chi connectivity index (χ0) is 13.2. The first-order valence-electron chi connectivity index (χ1n) is 6.42. The van der Waals surface area contributed by atoms with Crippen LogP contribution >= 0.6 is 0 Å². The molecule has 1 rings (SSSR count). The van der Waals surface area contributed by atoms with E-state index in [0.29, 0.717) is 12.3 Å². The molecule has 0 amide bonds. The Hall–Kier alpha value is -1.26. The number of ether oxygens (including phenoxy) is 2. The Morgan fingerprint density at radius 3 is 2.78 bits per heavy atom. The fourth-order valence-corrected chi connectivity index (χ4v) is 1.57. The molecular weight excluding hydrogens is 230 g/mol. The predicted molar refractivity (Wildman–Crippen MR) is 72.1 cm³/mol. The highest BCUT2D eigenvalue weighted by Gasteiger charge is 2.01. The largest absolute Gasteiger partial charge is 0.504 e. The SMILES string of the molecule is CCCCOCCNCc1ccc(OC)c(O)c1. The van der Waals surface area contributed by atoms with E-state index in [1.54, 1.807) is 19.2 Å². The molecule has 0 bridgehead atoms. The first kappa shape index (κ1) is 14.8. The summed E-state index contributed by atoms with van der Waals surface area (Å²) in [4.78, 5) is 0. The minimum atomic E-state index is 0.177. The topological polar surface area (TPSA) is 50.7 Å². The van der Waals surface area contributed by atoms with E-state index in [4.69, 9.17) is 9.47 Å². The van der Waals surface area contributed by atoms with Crippen LogP contribution in [-0.4, -0.2) is 32.0 Å². The summed E-state index contributed by atoms with van der Waals surface area (Å²) in [6.07, 6.45) is 2.28. The molecule has 4 heteroatoms. The first-order chi connectivity index (χ1) is 8.77. The maximum absolute atomic E-state index is 9.61. The van der Waals surface area contributed by atoms with Crippen LogP contribution in [0.4, 0.5) is 0 Å². The summed E-state index contributed by atoms with van der Waals surface area (Å²) in [5.41, 5.74) is 1.03. The molecule has 0 fully saturated rings. The zero-order valence-corrected chi connectivity index (χ0v) is 11.2. The van der Waals surface area contributed by atoms with Gasteiger partial charge in [0.1, 0.15) is 0 Å². The molecule has 0 aliphatic heterocycles. The van der Waals surface area contributed by atoms with Crippen molar-refractivity contribution < 1.29 is 14.6 Å². The second-order valence-electron chi connectivity index (χ2n) is 4.15. The number of hydrogen-bond donors (Lipinski definition) is 2. The molecule has 102 valence electrons. The van der Waals surface area contributed by atoms with Gasteiger partial charge >= 0.3 is 0 Å². The lowest BCUT2D eigenvalue weighted by Crippen LogP contribution is -2.19. The van der Waals surface area contributed by atoms with Gasteiger partial charge in [-0.2, -0.15) is 0 Å². The van der Waals surface area contributed by atoms with Crippen molar-refractivity contribution in [1.29, 1.82) is 0 Å². The molecule has 0 aliphatic rings. The molecule has 0 saturated carbocycles. The number of unbranched alkanes of at least 4 members (excludes halogenated alkanes) is 1. The van der Waals surface area contributed by atoms with E-state index in [0.717, 1.165) is 31.7 Å². The van der Waals surface area contributed by atoms with Crippen LogP contribution in [0.15, 0.2) is 18.2 Å². The van der Waals surface area contributed by atoms with Gasteiger partial charge in [-0.3, -0.25) is 0 Å². The average Bonchev–Trinajstić information content (AvgIpc) is 2.38. The molecule has 18 heavy (non-hydrogen) atoms. The van der Waals surface area contributed by atoms with Crippen LogP contribution in [-0.2, 0) is 11.3 Å². The molecule has 0 atom stereocenters.